The lowest BCUT2D eigenvalue weighted by atomic mass is 10.0. The fourth-order valence-corrected chi connectivity index (χ4v) is 3.51. The molecular formula is C18H14F4N2O3S. The van der Waals surface area contributed by atoms with Crippen molar-refractivity contribution in [1.29, 1.82) is 5.26 Å². The van der Waals surface area contributed by atoms with Crippen molar-refractivity contribution < 1.29 is 31.7 Å². The number of nitrogens with zero attached hydrogens (tertiary/aromatic N) is 1. The Labute approximate surface area is 160 Å². The molecule has 148 valence electrons. The summed E-state index contributed by atoms with van der Waals surface area (Å²) in [5.41, 5.74) is -4.71. The van der Waals surface area contributed by atoms with Gasteiger partial charge in [-0.1, -0.05) is 6.07 Å². The van der Waals surface area contributed by atoms with Crippen molar-refractivity contribution >= 4 is 22.4 Å². The summed E-state index contributed by atoms with van der Waals surface area (Å²) in [4.78, 5) is 12.5. The topological polar surface area (TPSA) is 90.2 Å². The summed E-state index contributed by atoms with van der Waals surface area (Å²) >= 11 is 0. The minimum atomic E-state index is -4.81. The standard InChI is InChI=1S/C18H14F4N2O3S/c1-17(26,10-28(27)12-7-5-11(19)6-8-12)16(25)24-15-4-2-3-14(13(15)9-23)18(20,21)22/h2-8,26H,10H2,1H3,(H,24,25). The van der Waals surface area contributed by atoms with E-state index >= 15 is 0 Å². The molecule has 5 nitrogen and oxygen atoms in total. The maximum absolute atomic E-state index is 13.0. The Bertz CT molecular complexity index is 951. The molecular weight excluding hydrogens is 400 g/mol. The number of rotatable bonds is 5. The molecule has 0 aliphatic heterocycles. The van der Waals surface area contributed by atoms with Gasteiger partial charge < -0.3 is 10.4 Å². The van der Waals surface area contributed by atoms with E-state index in [4.69, 9.17) is 5.26 Å². The van der Waals surface area contributed by atoms with Crippen molar-refractivity contribution in [3.8, 4) is 6.07 Å². The monoisotopic (exact) mass is 414 g/mol. The fraction of sp³-hybridized carbons (Fsp3) is 0.222. The van der Waals surface area contributed by atoms with Crippen LogP contribution in [-0.4, -0.2) is 26.6 Å². The van der Waals surface area contributed by atoms with Gasteiger partial charge in [-0.25, -0.2) is 4.39 Å². The van der Waals surface area contributed by atoms with E-state index in [2.05, 4.69) is 5.32 Å². The number of amides is 1. The number of hydrogen-bond donors (Lipinski definition) is 2. The predicted octanol–water partition coefficient (Wildman–Crippen LogP) is 3.21. The first-order chi connectivity index (χ1) is 13.0. The highest BCUT2D eigenvalue weighted by Gasteiger charge is 2.37. The van der Waals surface area contributed by atoms with Crippen LogP contribution in [0.4, 0.5) is 23.2 Å². The van der Waals surface area contributed by atoms with Crippen molar-refractivity contribution in [2.24, 2.45) is 0 Å². The molecule has 0 saturated carbocycles. The molecule has 2 rings (SSSR count). The van der Waals surface area contributed by atoms with Gasteiger partial charge in [-0.05, 0) is 43.3 Å². The molecule has 0 aliphatic carbocycles. The van der Waals surface area contributed by atoms with E-state index in [1.165, 1.54) is 18.2 Å². The van der Waals surface area contributed by atoms with E-state index < -0.39 is 56.9 Å². The summed E-state index contributed by atoms with van der Waals surface area (Å²) in [6, 6.07) is 8.73. The summed E-state index contributed by atoms with van der Waals surface area (Å²) in [6.45, 7) is 1.03. The molecule has 0 saturated heterocycles. The largest absolute Gasteiger partial charge is 0.417 e. The molecule has 0 fully saturated rings. The summed E-state index contributed by atoms with van der Waals surface area (Å²) in [5, 5.41) is 21.5. The summed E-state index contributed by atoms with van der Waals surface area (Å²) < 4.78 is 64.2. The number of nitrogens with one attached hydrogen (secondary N) is 1. The molecule has 2 unspecified atom stereocenters. The van der Waals surface area contributed by atoms with E-state index in [0.717, 1.165) is 31.2 Å². The third-order valence-corrected chi connectivity index (χ3v) is 5.33. The van der Waals surface area contributed by atoms with Crippen LogP contribution < -0.4 is 5.32 Å². The molecule has 2 N–H and O–H groups in total. The first-order valence-electron chi connectivity index (χ1n) is 7.74. The third kappa shape index (κ3) is 4.94. The molecule has 28 heavy (non-hydrogen) atoms. The van der Waals surface area contributed by atoms with Crippen molar-refractivity contribution in [2.75, 3.05) is 11.1 Å². The van der Waals surface area contributed by atoms with Crippen molar-refractivity contribution in [3.05, 3.63) is 59.4 Å². The molecule has 0 spiro atoms. The number of carbonyl (C=O) groups is 1. The highest BCUT2D eigenvalue weighted by molar-refractivity contribution is 7.85. The van der Waals surface area contributed by atoms with E-state index in [-0.39, 0.29) is 4.90 Å². The van der Waals surface area contributed by atoms with Gasteiger partial charge in [-0.15, -0.1) is 0 Å². The molecule has 10 heteroatoms. The second-order valence-electron chi connectivity index (χ2n) is 6.01. The second kappa shape index (κ2) is 8.08. The number of anilines is 1. The molecule has 2 aromatic rings. The lowest BCUT2D eigenvalue weighted by Crippen LogP contribution is -2.44. The predicted molar refractivity (Wildman–Crippen MR) is 93.1 cm³/mol. The van der Waals surface area contributed by atoms with Gasteiger partial charge in [0.1, 0.15) is 11.9 Å². The van der Waals surface area contributed by atoms with Crippen LogP contribution >= 0.6 is 0 Å². The average Bonchev–Trinajstić information content (AvgIpc) is 2.60. The highest BCUT2D eigenvalue weighted by Crippen LogP contribution is 2.34. The van der Waals surface area contributed by atoms with Gasteiger partial charge in [-0.3, -0.25) is 9.00 Å². The Morgan fingerprint density at radius 2 is 1.82 bits per heavy atom. The number of carbonyl (C=O) groups excluding carboxylic acids is 1. The average molecular weight is 414 g/mol. The van der Waals surface area contributed by atoms with E-state index in [0.29, 0.717) is 6.07 Å². The van der Waals surface area contributed by atoms with Crippen LogP contribution in [0, 0.1) is 17.1 Å². The Morgan fingerprint density at radius 1 is 1.21 bits per heavy atom. The number of hydrogen-bond acceptors (Lipinski definition) is 4. The highest BCUT2D eigenvalue weighted by atomic mass is 32.2. The van der Waals surface area contributed by atoms with Gasteiger partial charge in [0.15, 0.2) is 5.60 Å². The Balaban J connectivity index is 2.23. The zero-order valence-corrected chi connectivity index (χ0v) is 15.2. The van der Waals surface area contributed by atoms with Crippen LogP contribution in [0.5, 0.6) is 0 Å². The van der Waals surface area contributed by atoms with Crippen LogP contribution in [0.15, 0.2) is 47.4 Å². The number of halogens is 4. The van der Waals surface area contributed by atoms with E-state index in [1.807, 2.05) is 0 Å². The van der Waals surface area contributed by atoms with Gasteiger partial charge in [0.25, 0.3) is 5.91 Å². The fourth-order valence-electron chi connectivity index (χ4n) is 2.26. The number of alkyl halides is 3. The summed E-state index contributed by atoms with van der Waals surface area (Å²) in [7, 11) is -1.89. The van der Waals surface area contributed by atoms with Crippen LogP contribution in [0.1, 0.15) is 18.1 Å². The normalized spacial score (nSPS) is 14.6. The minimum absolute atomic E-state index is 0.159. The van der Waals surface area contributed by atoms with Gasteiger partial charge in [0.2, 0.25) is 0 Å². The maximum atomic E-state index is 13.0. The zero-order valence-electron chi connectivity index (χ0n) is 14.4. The molecule has 2 atom stereocenters. The van der Waals surface area contributed by atoms with Gasteiger partial charge in [0, 0.05) is 4.90 Å². The Kier molecular flexibility index (Phi) is 6.21. The summed E-state index contributed by atoms with van der Waals surface area (Å²) in [6.07, 6.45) is -4.81. The zero-order chi connectivity index (χ0) is 21.1. The minimum Gasteiger partial charge on any atom is -0.379 e. The van der Waals surface area contributed by atoms with Crippen molar-refractivity contribution in [3.63, 3.8) is 0 Å². The van der Waals surface area contributed by atoms with Gasteiger partial charge in [-0.2, -0.15) is 18.4 Å². The summed E-state index contributed by atoms with van der Waals surface area (Å²) in [5.74, 6) is -2.29. The van der Waals surface area contributed by atoms with Crippen molar-refractivity contribution in [1.82, 2.24) is 0 Å². The molecule has 0 heterocycles. The van der Waals surface area contributed by atoms with Crippen LogP contribution in [0.2, 0.25) is 0 Å². The smallest absolute Gasteiger partial charge is 0.379 e. The Morgan fingerprint density at radius 3 is 2.36 bits per heavy atom. The second-order valence-corrected chi connectivity index (χ2v) is 7.46. The molecule has 0 aliphatic rings. The maximum Gasteiger partial charge on any atom is 0.417 e. The Hall–Kier alpha value is -2.77. The van der Waals surface area contributed by atoms with E-state index in [9.17, 15) is 31.7 Å². The first-order valence-corrected chi connectivity index (χ1v) is 9.05. The molecule has 1 amide bonds. The van der Waals surface area contributed by atoms with Crippen LogP contribution in [-0.2, 0) is 21.8 Å². The molecule has 0 bridgehead atoms. The lowest BCUT2D eigenvalue weighted by molar-refractivity contribution is -0.137. The van der Waals surface area contributed by atoms with Crippen LogP contribution in [0.3, 0.4) is 0 Å². The molecule has 2 aromatic carbocycles. The van der Waals surface area contributed by atoms with Crippen molar-refractivity contribution in [2.45, 2.75) is 23.6 Å². The quantitative estimate of drug-likeness (QED) is 0.736. The molecule has 0 aromatic heterocycles. The van der Waals surface area contributed by atoms with Gasteiger partial charge >= 0.3 is 6.18 Å². The SMILES string of the molecule is CC(O)(CS(=O)c1ccc(F)cc1)C(=O)Nc1cccc(C(F)(F)F)c1C#N. The van der Waals surface area contributed by atoms with E-state index in [1.54, 1.807) is 0 Å². The number of nitriles is 1. The first kappa shape index (κ1) is 21.5. The lowest BCUT2D eigenvalue weighted by Gasteiger charge is -2.22. The third-order valence-electron chi connectivity index (χ3n) is 3.71. The molecule has 0 radical (unpaired) electrons. The van der Waals surface area contributed by atoms with Gasteiger partial charge in [0.05, 0.1) is 33.4 Å². The number of aliphatic hydroxyl groups is 1. The van der Waals surface area contributed by atoms with Crippen LogP contribution in [0.25, 0.3) is 0 Å². The number of benzene rings is 2.